The monoisotopic (exact) mass is 350 g/mol. The van der Waals surface area contributed by atoms with Gasteiger partial charge in [0, 0.05) is 18.0 Å². The molecule has 0 fully saturated rings. The van der Waals surface area contributed by atoms with E-state index in [1.165, 1.54) is 12.1 Å². The van der Waals surface area contributed by atoms with Crippen LogP contribution in [0.1, 0.15) is 16.4 Å². The first kappa shape index (κ1) is 15.4. The van der Waals surface area contributed by atoms with Crippen LogP contribution >= 0.6 is 23.2 Å². The molecule has 9 heteroatoms. The van der Waals surface area contributed by atoms with Gasteiger partial charge in [-0.1, -0.05) is 28.4 Å². The molecule has 0 atom stereocenters. The van der Waals surface area contributed by atoms with Gasteiger partial charge in [-0.15, -0.1) is 0 Å². The Morgan fingerprint density at radius 2 is 2.09 bits per heavy atom. The predicted octanol–water partition coefficient (Wildman–Crippen LogP) is 3.19. The first-order chi connectivity index (χ1) is 11.1. The van der Waals surface area contributed by atoms with Crippen LogP contribution < -0.4 is 0 Å². The molecule has 0 bridgehead atoms. The molecule has 0 saturated heterocycles. The van der Waals surface area contributed by atoms with Gasteiger partial charge >= 0.3 is 5.97 Å². The van der Waals surface area contributed by atoms with Crippen LogP contribution in [0.4, 0.5) is 0 Å². The van der Waals surface area contributed by atoms with E-state index < -0.39 is 5.97 Å². The van der Waals surface area contributed by atoms with Crippen molar-refractivity contribution in [1.82, 2.24) is 20.1 Å². The maximum absolute atomic E-state index is 11.9. The van der Waals surface area contributed by atoms with E-state index >= 15 is 0 Å². The Labute approximate surface area is 140 Å². The highest BCUT2D eigenvalue weighted by Gasteiger charge is 2.17. The highest BCUT2D eigenvalue weighted by Crippen LogP contribution is 2.19. The summed E-state index contributed by atoms with van der Waals surface area (Å²) in [6, 6.07) is 6.46. The summed E-state index contributed by atoms with van der Waals surface area (Å²) in [5.41, 5.74) is 0.611. The fourth-order valence-corrected chi connectivity index (χ4v) is 2.01. The number of ether oxygens (including phenoxy) is 1. The zero-order valence-electron chi connectivity index (χ0n) is 11.4. The van der Waals surface area contributed by atoms with Crippen molar-refractivity contribution in [3.05, 3.63) is 58.4 Å². The van der Waals surface area contributed by atoms with E-state index in [9.17, 15) is 4.79 Å². The van der Waals surface area contributed by atoms with Crippen molar-refractivity contribution in [2.45, 2.75) is 6.61 Å². The van der Waals surface area contributed by atoms with Crippen LogP contribution in [-0.4, -0.2) is 26.1 Å². The highest BCUT2D eigenvalue weighted by atomic mass is 35.5. The molecule has 3 rings (SSSR count). The average molecular weight is 351 g/mol. The van der Waals surface area contributed by atoms with Gasteiger partial charge in [-0.2, -0.15) is 4.98 Å². The molecular weight excluding hydrogens is 343 g/mol. The number of rotatable bonds is 4. The third-order valence-electron chi connectivity index (χ3n) is 2.72. The fraction of sp³-hybridized carbons (Fsp3) is 0.0714. The lowest BCUT2D eigenvalue weighted by Gasteiger charge is -2.03. The molecule has 0 radical (unpaired) electrons. The molecule has 23 heavy (non-hydrogen) atoms. The van der Waals surface area contributed by atoms with Crippen molar-refractivity contribution in [3.63, 3.8) is 0 Å². The van der Waals surface area contributed by atoms with E-state index in [-0.39, 0.29) is 28.4 Å². The molecule has 0 unspecified atom stereocenters. The molecule has 3 aromatic heterocycles. The Hall–Kier alpha value is -2.51. The van der Waals surface area contributed by atoms with Crippen LogP contribution in [0.15, 0.2) is 41.2 Å². The van der Waals surface area contributed by atoms with Crippen molar-refractivity contribution in [2.75, 3.05) is 0 Å². The number of nitrogens with zero attached hydrogens (tertiary/aromatic N) is 4. The van der Waals surface area contributed by atoms with Gasteiger partial charge in [0.2, 0.25) is 5.82 Å². The zero-order chi connectivity index (χ0) is 16.2. The lowest BCUT2D eigenvalue weighted by atomic mass is 10.3. The van der Waals surface area contributed by atoms with Gasteiger partial charge < -0.3 is 9.26 Å². The third kappa shape index (κ3) is 3.64. The molecule has 3 aromatic rings. The van der Waals surface area contributed by atoms with E-state index in [1.54, 1.807) is 24.5 Å². The lowest BCUT2D eigenvalue weighted by Crippen LogP contribution is -2.08. The van der Waals surface area contributed by atoms with Gasteiger partial charge in [-0.3, -0.25) is 4.98 Å². The van der Waals surface area contributed by atoms with Gasteiger partial charge in [0.05, 0.1) is 5.02 Å². The standard InChI is InChI=1S/C14H8Cl2N4O3/c15-9-3-4-10(16)18-12(9)14(21)22-7-11-19-13(20-23-11)8-2-1-5-17-6-8/h1-6H,7H2. The average Bonchev–Trinajstić information content (AvgIpc) is 3.05. The van der Waals surface area contributed by atoms with Crippen LogP contribution in [0.2, 0.25) is 10.2 Å². The van der Waals surface area contributed by atoms with Crippen molar-refractivity contribution in [3.8, 4) is 11.4 Å². The maximum Gasteiger partial charge on any atom is 0.359 e. The van der Waals surface area contributed by atoms with Crippen LogP contribution in [0, 0.1) is 0 Å². The molecule has 116 valence electrons. The second kappa shape index (κ2) is 6.72. The minimum atomic E-state index is -0.737. The minimum Gasteiger partial charge on any atom is -0.451 e. The summed E-state index contributed by atoms with van der Waals surface area (Å²) in [5.74, 6) is -0.253. The van der Waals surface area contributed by atoms with E-state index in [1.807, 2.05) is 0 Å². The number of halogens is 2. The summed E-state index contributed by atoms with van der Waals surface area (Å²) < 4.78 is 10.1. The van der Waals surface area contributed by atoms with Crippen molar-refractivity contribution < 1.29 is 14.1 Å². The Balaban J connectivity index is 1.68. The highest BCUT2D eigenvalue weighted by molar-refractivity contribution is 6.34. The summed E-state index contributed by atoms with van der Waals surface area (Å²) in [4.78, 5) is 23.8. The molecule has 7 nitrogen and oxygen atoms in total. The molecule has 0 aliphatic rings. The third-order valence-corrected chi connectivity index (χ3v) is 3.24. The minimum absolute atomic E-state index is 0.0776. The van der Waals surface area contributed by atoms with Crippen LogP contribution in [0.25, 0.3) is 11.4 Å². The normalized spacial score (nSPS) is 10.5. The van der Waals surface area contributed by atoms with Gasteiger partial charge in [-0.05, 0) is 24.3 Å². The number of hydrogen-bond acceptors (Lipinski definition) is 7. The summed E-state index contributed by atoms with van der Waals surface area (Å²) in [6.07, 6.45) is 3.23. The Morgan fingerprint density at radius 1 is 1.22 bits per heavy atom. The second-order valence-corrected chi connectivity index (χ2v) is 5.09. The van der Waals surface area contributed by atoms with E-state index in [4.69, 9.17) is 32.5 Å². The zero-order valence-corrected chi connectivity index (χ0v) is 13.0. The molecule has 0 N–H and O–H groups in total. The molecule has 0 spiro atoms. The van der Waals surface area contributed by atoms with Crippen LogP contribution in [-0.2, 0) is 11.3 Å². The molecule has 3 heterocycles. The molecule has 0 aliphatic heterocycles. The number of esters is 1. The van der Waals surface area contributed by atoms with Crippen molar-refractivity contribution in [1.29, 1.82) is 0 Å². The summed E-state index contributed by atoms with van der Waals surface area (Å²) in [7, 11) is 0. The lowest BCUT2D eigenvalue weighted by molar-refractivity contribution is 0.0423. The molecule has 0 aliphatic carbocycles. The summed E-state index contributed by atoms with van der Waals surface area (Å²) in [6.45, 7) is -0.212. The second-order valence-electron chi connectivity index (χ2n) is 4.29. The number of carbonyl (C=O) groups is 1. The predicted molar refractivity (Wildman–Crippen MR) is 80.9 cm³/mol. The quantitative estimate of drug-likeness (QED) is 0.526. The maximum atomic E-state index is 11.9. The largest absolute Gasteiger partial charge is 0.451 e. The van der Waals surface area contributed by atoms with Crippen molar-refractivity contribution >= 4 is 29.2 Å². The Kier molecular flexibility index (Phi) is 4.50. The van der Waals surface area contributed by atoms with Crippen LogP contribution in [0.5, 0.6) is 0 Å². The first-order valence-electron chi connectivity index (χ1n) is 6.35. The Morgan fingerprint density at radius 3 is 2.87 bits per heavy atom. The molecule has 0 saturated carbocycles. The van der Waals surface area contributed by atoms with Gasteiger partial charge in [0.15, 0.2) is 12.3 Å². The number of carbonyl (C=O) groups excluding carboxylic acids is 1. The molecule has 0 aromatic carbocycles. The van der Waals surface area contributed by atoms with E-state index in [2.05, 4.69) is 20.1 Å². The molecular formula is C14H8Cl2N4O3. The molecule has 0 amide bonds. The number of aromatic nitrogens is 4. The number of pyridine rings is 2. The van der Waals surface area contributed by atoms with Gasteiger partial charge in [-0.25, -0.2) is 9.78 Å². The SMILES string of the molecule is O=C(OCc1nc(-c2cccnc2)no1)c1nc(Cl)ccc1Cl. The van der Waals surface area contributed by atoms with Crippen molar-refractivity contribution in [2.24, 2.45) is 0 Å². The fourth-order valence-electron chi connectivity index (χ4n) is 1.68. The number of hydrogen-bond donors (Lipinski definition) is 0. The van der Waals surface area contributed by atoms with E-state index in [0.717, 1.165) is 0 Å². The summed E-state index contributed by atoms with van der Waals surface area (Å²) >= 11 is 11.6. The van der Waals surface area contributed by atoms with Gasteiger partial charge in [0.1, 0.15) is 5.15 Å². The Bertz CT molecular complexity index is 839. The smallest absolute Gasteiger partial charge is 0.359 e. The summed E-state index contributed by atoms with van der Waals surface area (Å²) in [5, 5.41) is 4.07. The van der Waals surface area contributed by atoms with Gasteiger partial charge in [0.25, 0.3) is 5.89 Å². The first-order valence-corrected chi connectivity index (χ1v) is 7.11. The topological polar surface area (TPSA) is 91.0 Å². The van der Waals surface area contributed by atoms with E-state index in [0.29, 0.717) is 11.4 Å². The van der Waals surface area contributed by atoms with Crippen LogP contribution in [0.3, 0.4) is 0 Å².